The Morgan fingerprint density at radius 1 is 1.21 bits per heavy atom. The molecule has 0 heterocycles. The first-order valence-corrected chi connectivity index (χ1v) is 6.21. The number of nitrogens with one attached hydrogen (secondary N) is 1. The zero-order valence-electron chi connectivity index (χ0n) is 10.3. The van der Waals surface area contributed by atoms with Crippen molar-refractivity contribution in [1.82, 2.24) is 5.48 Å². The molecule has 0 amide bonds. The average molecular weight is 277 g/mol. The van der Waals surface area contributed by atoms with Crippen molar-refractivity contribution in [3.8, 4) is 0 Å². The van der Waals surface area contributed by atoms with E-state index in [4.69, 9.17) is 4.84 Å². The standard InChI is InChI=1S/C13H15F4NO/c14-10-6-5-9(12(7-10)13(15,16)17)8-18-19-11-3-1-2-4-11/h5-7,11,18H,1-4,8H2. The number of hydrogen-bond acceptors (Lipinski definition) is 2. The Balaban J connectivity index is 1.98. The van der Waals surface area contributed by atoms with Gasteiger partial charge in [-0.1, -0.05) is 18.9 Å². The first kappa shape index (κ1) is 14.3. The molecule has 1 aliphatic carbocycles. The molecule has 19 heavy (non-hydrogen) atoms. The molecule has 2 nitrogen and oxygen atoms in total. The van der Waals surface area contributed by atoms with Crippen molar-refractivity contribution >= 4 is 0 Å². The SMILES string of the molecule is Fc1ccc(CNOC2CCCC2)c(C(F)(F)F)c1. The van der Waals surface area contributed by atoms with Crippen LogP contribution >= 0.6 is 0 Å². The normalized spacial score (nSPS) is 17.1. The van der Waals surface area contributed by atoms with E-state index in [1.165, 1.54) is 0 Å². The third kappa shape index (κ3) is 3.91. The maximum Gasteiger partial charge on any atom is 0.416 e. The summed E-state index contributed by atoms with van der Waals surface area (Å²) < 4.78 is 51.1. The number of halogens is 4. The lowest BCUT2D eigenvalue weighted by Crippen LogP contribution is -2.23. The Hall–Kier alpha value is -1.14. The first-order chi connectivity index (χ1) is 8.97. The minimum atomic E-state index is -4.56. The van der Waals surface area contributed by atoms with Crippen LogP contribution in [-0.2, 0) is 17.6 Å². The van der Waals surface area contributed by atoms with Gasteiger partial charge in [-0.25, -0.2) is 4.39 Å². The van der Waals surface area contributed by atoms with Crippen LogP contribution in [0, 0.1) is 5.82 Å². The van der Waals surface area contributed by atoms with E-state index in [1.54, 1.807) is 0 Å². The predicted molar refractivity (Wildman–Crippen MR) is 61.6 cm³/mol. The van der Waals surface area contributed by atoms with Crippen LogP contribution in [0.3, 0.4) is 0 Å². The molecule has 0 unspecified atom stereocenters. The number of hydroxylamine groups is 1. The summed E-state index contributed by atoms with van der Waals surface area (Å²) in [6.07, 6.45) is -0.500. The number of hydrogen-bond donors (Lipinski definition) is 1. The van der Waals surface area contributed by atoms with E-state index >= 15 is 0 Å². The number of rotatable bonds is 4. The average Bonchev–Trinajstić information content (AvgIpc) is 2.83. The topological polar surface area (TPSA) is 21.3 Å². The number of alkyl halides is 3. The fraction of sp³-hybridized carbons (Fsp3) is 0.538. The van der Waals surface area contributed by atoms with Gasteiger partial charge in [0.25, 0.3) is 0 Å². The van der Waals surface area contributed by atoms with Crippen LogP contribution in [0.25, 0.3) is 0 Å². The van der Waals surface area contributed by atoms with E-state index in [2.05, 4.69) is 5.48 Å². The molecule has 1 N–H and O–H groups in total. The molecule has 1 aromatic rings. The number of benzene rings is 1. The van der Waals surface area contributed by atoms with Crippen molar-refractivity contribution in [2.75, 3.05) is 0 Å². The summed E-state index contributed by atoms with van der Waals surface area (Å²) in [6.45, 7) is -0.0916. The molecule has 0 bridgehead atoms. The van der Waals surface area contributed by atoms with Crippen LogP contribution in [0.15, 0.2) is 18.2 Å². The lowest BCUT2D eigenvalue weighted by Gasteiger charge is -2.15. The minimum Gasteiger partial charge on any atom is -0.298 e. The second-order valence-corrected chi connectivity index (χ2v) is 4.64. The fourth-order valence-electron chi connectivity index (χ4n) is 2.21. The second kappa shape index (κ2) is 5.88. The quantitative estimate of drug-likeness (QED) is 0.667. The minimum absolute atomic E-state index is 0.0214. The van der Waals surface area contributed by atoms with Gasteiger partial charge < -0.3 is 0 Å². The molecule has 0 radical (unpaired) electrons. The summed E-state index contributed by atoms with van der Waals surface area (Å²) in [5, 5.41) is 0. The molecule has 2 rings (SSSR count). The maximum absolute atomic E-state index is 12.9. The van der Waals surface area contributed by atoms with Crippen molar-refractivity contribution in [1.29, 1.82) is 0 Å². The van der Waals surface area contributed by atoms with Gasteiger partial charge in [-0.05, 0) is 30.5 Å². The van der Waals surface area contributed by atoms with Crippen molar-refractivity contribution < 1.29 is 22.4 Å². The van der Waals surface area contributed by atoms with Gasteiger partial charge in [0.15, 0.2) is 0 Å². The summed E-state index contributed by atoms with van der Waals surface area (Å²) >= 11 is 0. The maximum atomic E-state index is 12.9. The monoisotopic (exact) mass is 277 g/mol. The van der Waals surface area contributed by atoms with E-state index < -0.39 is 17.6 Å². The highest BCUT2D eigenvalue weighted by atomic mass is 19.4. The van der Waals surface area contributed by atoms with E-state index in [1.807, 2.05) is 0 Å². The Morgan fingerprint density at radius 2 is 1.89 bits per heavy atom. The Morgan fingerprint density at radius 3 is 2.53 bits per heavy atom. The van der Waals surface area contributed by atoms with E-state index in [0.717, 1.165) is 37.8 Å². The summed E-state index contributed by atoms with van der Waals surface area (Å²) in [6, 6.07) is 2.65. The molecule has 1 aromatic carbocycles. The molecule has 1 aliphatic rings. The largest absolute Gasteiger partial charge is 0.416 e. The van der Waals surface area contributed by atoms with Gasteiger partial charge in [0.1, 0.15) is 5.82 Å². The summed E-state index contributed by atoms with van der Waals surface area (Å²) in [4.78, 5) is 5.29. The van der Waals surface area contributed by atoms with Gasteiger partial charge in [-0.2, -0.15) is 18.7 Å². The summed E-state index contributed by atoms with van der Waals surface area (Å²) in [7, 11) is 0. The van der Waals surface area contributed by atoms with Crippen LogP contribution < -0.4 is 5.48 Å². The fourth-order valence-corrected chi connectivity index (χ4v) is 2.21. The van der Waals surface area contributed by atoms with Crippen LogP contribution in [0.2, 0.25) is 0 Å². The van der Waals surface area contributed by atoms with Crippen molar-refractivity contribution in [3.05, 3.63) is 35.1 Å². The van der Waals surface area contributed by atoms with Crippen LogP contribution in [0.4, 0.5) is 17.6 Å². The van der Waals surface area contributed by atoms with Crippen LogP contribution in [-0.4, -0.2) is 6.10 Å². The smallest absolute Gasteiger partial charge is 0.298 e. The molecule has 0 saturated heterocycles. The molecule has 6 heteroatoms. The third-order valence-electron chi connectivity index (χ3n) is 3.19. The molecule has 0 atom stereocenters. The van der Waals surface area contributed by atoms with Crippen molar-refractivity contribution in [3.63, 3.8) is 0 Å². The predicted octanol–water partition coefficient (Wildman–Crippen LogP) is 3.81. The Bertz CT molecular complexity index is 427. The molecule has 1 saturated carbocycles. The van der Waals surface area contributed by atoms with Crippen molar-refractivity contribution in [2.45, 2.75) is 44.5 Å². The zero-order valence-corrected chi connectivity index (χ0v) is 10.3. The molecule has 0 aromatic heterocycles. The van der Waals surface area contributed by atoms with E-state index in [0.29, 0.717) is 6.07 Å². The Kier molecular flexibility index (Phi) is 4.42. The van der Waals surface area contributed by atoms with Gasteiger partial charge in [0.2, 0.25) is 0 Å². The second-order valence-electron chi connectivity index (χ2n) is 4.64. The molecule has 0 spiro atoms. The molecular weight excluding hydrogens is 262 g/mol. The summed E-state index contributed by atoms with van der Waals surface area (Å²) in [5.41, 5.74) is 1.57. The molecule has 1 fully saturated rings. The highest BCUT2D eigenvalue weighted by molar-refractivity contribution is 5.30. The van der Waals surface area contributed by atoms with E-state index in [9.17, 15) is 17.6 Å². The van der Waals surface area contributed by atoms with E-state index in [-0.39, 0.29) is 18.2 Å². The van der Waals surface area contributed by atoms with Gasteiger partial charge in [0, 0.05) is 6.54 Å². The van der Waals surface area contributed by atoms with Gasteiger partial charge in [0.05, 0.1) is 11.7 Å². The Labute approximate surface area is 108 Å². The molecular formula is C13H15F4NO. The third-order valence-corrected chi connectivity index (χ3v) is 3.19. The van der Waals surface area contributed by atoms with Crippen LogP contribution in [0.1, 0.15) is 36.8 Å². The first-order valence-electron chi connectivity index (χ1n) is 6.21. The highest BCUT2D eigenvalue weighted by Gasteiger charge is 2.33. The van der Waals surface area contributed by atoms with Gasteiger partial charge in [-0.15, -0.1) is 0 Å². The molecule has 0 aliphatic heterocycles. The van der Waals surface area contributed by atoms with Crippen LogP contribution in [0.5, 0.6) is 0 Å². The van der Waals surface area contributed by atoms with Gasteiger partial charge in [-0.3, -0.25) is 4.84 Å². The molecule has 106 valence electrons. The lowest BCUT2D eigenvalue weighted by atomic mass is 10.1. The summed E-state index contributed by atoms with van der Waals surface area (Å²) in [5.74, 6) is -0.896. The zero-order chi connectivity index (χ0) is 13.9. The van der Waals surface area contributed by atoms with Gasteiger partial charge >= 0.3 is 6.18 Å². The highest BCUT2D eigenvalue weighted by Crippen LogP contribution is 2.32. The lowest BCUT2D eigenvalue weighted by molar-refractivity contribution is -0.138. The van der Waals surface area contributed by atoms with Crippen molar-refractivity contribution in [2.24, 2.45) is 0 Å².